The maximum atomic E-state index is 13.3. The van der Waals surface area contributed by atoms with E-state index in [0.29, 0.717) is 15.5 Å². The van der Waals surface area contributed by atoms with Gasteiger partial charge in [-0.25, -0.2) is 9.29 Å². The standard InChI is InChI=1S/C19H14Cl2FNO2S/c1-10(2)26-17-16(11-3-6-13(22)7-4-11)18(24)23(19(17)25)15-9-12(20)5-8-14(15)21/h3-10H,1-2H3. The minimum Gasteiger partial charge on any atom is -0.268 e. The first-order valence-electron chi connectivity index (χ1n) is 7.80. The Kier molecular flexibility index (Phi) is 5.42. The monoisotopic (exact) mass is 409 g/mol. The molecule has 134 valence electrons. The van der Waals surface area contributed by atoms with Gasteiger partial charge in [-0.3, -0.25) is 9.59 Å². The lowest BCUT2D eigenvalue weighted by Crippen LogP contribution is -2.31. The largest absolute Gasteiger partial charge is 0.272 e. The van der Waals surface area contributed by atoms with Crippen LogP contribution in [0.3, 0.4) is 0 Å². The zero-order chi connectivity index (χ0) is 19.0. The molecule has 0 N–H and O–H groups in total. The number of anilines is 1. The van der Waals surface area contributed by atoms with Gasteiger partial charge in [0.05, 0.1) is 21.2 Å². The summed E-state index contributed by atoms with van der Waals surface area (Å²) in [6, 6.07) is 10.1. The van der Waals surface area contributed by atoms with Crippen molar-refractivity contribution in [2.24, 2.45) is 0 Å². The minimum atomic E-state index is -0.506. The molecule has 0 atom stereocenters. The van der Waals surface area contributed by atoms with Crippen molar-refractivity contribution < 1.29 is 14.0 Å². The summed E-state index contributed by atoms with van der Waals surface area (Å²) in [5.74, 6) is -1.38. The number of hydrogen-bond donors (Lipinski definition) is 0. The van der Waals surface area contributed by atoms with Gasteiger partial charge in [0.15, 0.2) is 0 Å². The lowest BCUT2D eigenvalue weighted by Gasteiger charge is -2.17. The van der Waals surface area contributed by atoms with E-state index in [1.807, 2.05) is 13.8 Å². The summed E-state index contributed by atoms with van der Waals surface area (Å²) in [6.07, 6.45) is 0. The Morgan fingerprint density at radius 3 is 2.27 bits per heavy atom. The van der Waals surface area contributed by atoms with E-state index in [4.69, 9.17) is 23.2 Å². The van der Waals surface area contributed by atoms with Crippen molar-refractivity contribution in [3.05, 3.63) is 68.8 Å². The highest BCUT2D eigenvalue weighted by Crippen LogP contribution is 2.42. The number of halogens is 3. The van der Waals surface area contributed by atoms with Crippen molar-refractivity contribution in [3.63, 3.8) is 0 Å². The first kappa shape index (κ1) is 19.0. The van der Waals surface area contributed by atoms with Crippen LogP contribution < -0.4 is 4.90 Å². The first-order chi connectivity index (χ1) is 12.3. The first-order valence-corrected chi connectivity index (χ1v) is 9.44. The van der Waals surface area contributed by atoms with E-state index in [1.54, 1.807) is 6.07 Å². The predicted molar refractivity (Wildman–Crippen MR) is 105 cm³/mol. The van der Waals surface area contributed by atoms with Crippen LogP contribution in [0.15, 0.2) is 47.4 Å². The van der Waals surface area contributed by atoms with Crippen LogP contribution in [-0.2, 0) is 9.59 Å². The number of benzene rings is 2. The van der Waals surface area contributed by atoms with Gasteiger partial charge in [0.1, 0.15) is 5.82 Å². The molecule has 0 saturated heterocycles. The van der Waals surface area contributed by atoms with E-state index < -0.39 is 17.6 Å². The molecule has 26 heavy (non-hydrogen) atoms. The average Bonchev–Trinajstić information content (AvgIpc) is 2.81. The van der Waals surface area contributed by atoms with Crippen molar-refractivity contribution in [1.29, 1.82) is 0 Å². The van der Waals surface area contributed by atoms with Crippen LogP contribution in [0.4, 0.5) is 10.1 Å². The number of rotatable bonds is 4. The van der Waals surface area contributed by atoms with Crippen LogP contribution in [0, 0.1) is 5.82 Å². The van der Waals surface area contributed by atoms with Gasteiger partial charge in [0.25, 0.3) is 11.8 Å². The summed E-state index contributed by atoms with van der Waals surface area (Å²) >= 11 is 13.5. The lowest BCUT2D eigenvalue weighted by atomic mass is 10.1. The molecule has 0 aliphatic carbocycles. The van der Waals surface area contributed by atoms with Crippen LogP contribution in [-0.4, -0.2) is 17.1 Å². The average molecular weight is 410 g/mol. The Bertz CT molecular complexity index is 926. The number of hydrogen-bond acceptors (Lipinski definition) is 3. The second-order valence-electron chi connectivity index (χ2n) is 5.92. The highest BCUT2D eigenvalue weighted by Gasteiger charge is 2.41. The second kappa shape index (κ2) is 7.43. The molecule has 1 aliphatic heterocycles. The molecule has 1 heterocycles. The Morgan fingerprint density at radius 2 is 1.65 bits per heavy atom. The van der Waals surface area contributed by atoms with Crippen molar-refractivity contribution in [3.8, 4) is 0 Å². The molecule has 2 aromatic rings. The van der Waals surface area contributed by atoms with Crippen LogP contribution in [0.1, 0.15) is 19.4 Å². The van der Waals surface area contributed by atoms with Crippen LogP contribution in [0.25, 0.3) is 5.57 Å². The molecule has 0 unspecified atom stereocenters. The maximum absolute atomic E-state index is 13.3. The SMILES string of the molecule is CC(C)SC1=C(c2ccc(F)cc2)C(=O)N(c2cc(Cl)ccc2Cl)C1=O. The van der Waals surface area contributed by atoms with Gasteiger partial charge in [0.2, 0.25) is 0 Å². The highest BCUT2D eigenvalue weighted by molar-refractivity contribution is 8.04. The molecular formula is C19H14Cl2FNO2S. The molecule has 1 aliphatic rings. The van der Waals surface area contributed by atoms with E-state index in [1.165, 1.54) is 48.2 Å². The smallest absolute Gasteiger partial charge is 0.268 e. The molecule has 0 fully saturated rings. The van der Waals surface area contributed by atoms with Gasteiger partial charge in [-0.2, -0.15) is 0 Å². The molecular weight excluding hydrogens is 396 g/mol. The van der Waals surface area contributed by atoms with Gasteiger partial charge in [-0.1, -0.05) is 49.2 Å². The Balaban J connectivity index is 2.14. The van der Waals surface area contributed by atoms with E-state index in [-0.39, 0.29) is 21.5 Å². The van der Waals surface area contributed by atoms with Crippen molar-refractivity contribution in [2.45, 2.75) is 19.1 Å². The Hall–Kier alpha value is -1.82. The molecule has 0 radical (unpaired) electrons. The van der Waals surface area contributed by atoms with Gasteiger partial charge in [-0.05, 0) is 35.9 Å². The van der Waals surface area contributed by atoms with Gasteiger partial charge < -0.3 is 0 Å². The fourth-order valence-electron chi connectivity index (χ4n) is 2.60. The maximum Gasteiger partial charge on any atom is 0.272 e. The number of carbonyl (C=O) groups excluding carboxylic acids is 2. The van der Waals surface area contributed by atoms with Crippen LogP contribution >= 0.6 is 35.0 Å². The Morgan fingerprint density at radius 1 is 1.00 bits per heavy atom. The van der Waals surface area contributed by atoms with E-state index in [2.05, 4.69) is 0 Å². The van der Waals surface area contributed by atoms with E-state index in [9.17, 15) is 14.0 Å². The zero-order valence-corrected chi connectivity index (χ0v) is 16.3. The predicted octanol–water partition coefficient (Wildman–Crippen LogP) is 5.56. The molecule has 2 aromatic carbocycles. The zero-order valence-electron chi connectivity index (χ0n) is 13.9. The Labute approximate surface area is 164 Å². The number of imide groups is 1. The summed E-state index contributed by atoms with van der Waals surface area (Å²) in [5, 5.41) is 0.677. The summed E-state index contributed by atoms with van der Waals surface area (Å²) < 4.78 is 13.3. The number of amides is 2. The van der Waals surface area contributed by atoms with Gasteiger partial charge >= 0.3 is 0 Å². The van der Waals surface area contributed by atoms with Gasteiger partial charge in [0, 0.05) is 10.3 Å². The third-order valence-electron chi connectivity index (χ3n) is 3.68. The number of nitrogens with zero attached hydrogens (tertiary/aromatic N) is 1. The molecule has 2 amide bonds. The highest BCUT2D eigenvalue weighted by atomic mass is 35.5. The number of thioether (sulfide) groups is 1. The summed E-state index contributed by atoms with van der Waals surface area (Å²) in [5.41, 5.74) is 0.950. The van der Waals surface area contributed by atoms with E-state index in [0.717, 1.165) is 4.90 Å². The second-order valence-corrected chi connectivity index (χ2v) is 8.35. The fraction of sp³-hybridized carbons (Fsp3) is 0.158. The van der Waals surface area contributed by atoms with Crippen LogP contribution in [0.2, 0.25) is 10.0 Å². The molecule has 0 saturated carbocycles. The molecule has 3 nitrogen and oxygen atoms in total. The molecule has 3 rings (SSSR count). The lowest BCUT2D eigenvalue weighted by molar-refractivity contribution is -0.119. The molecule has 0 bridgehead atoms. The third-order valence-corrected chi connectivity index (χ3v) is 5.32. The molecule has 0 aromatic heterocycles. The summed E-state index contributed by atoms with van der Waals surface area (Å²) in [6.45, 7) is 3.85. The van der Waals surface area contributed by atoms with Crippen molar-refractivity contribution in [2.75, 3.05) is 4.90 Å². The minimum absolute atomic E-state index is 0.0759. The van der Waals surface area contributed by atoms with Gasteiger partial charge in [-0.15, -0.1) is 11.8 Å². The van der Waals surface area contributed by atoms with Crippen molar-refractivity contribution >= 4 is 58.0 Å². The fourth-order valence-corrected chi connectivity index (χ4v) is 3.96. The van der Waals surface area contributed by atoms with Crippen LogP contribution in [0.5, 0.6) is 0 Å². The van der Waals surface area contributed by atoms with Crippen molar-refractivity contribution in [1.82, 2.24) is 0 Å². The summed E-state index contributed by atoms with van der Waals surface area (Å²) in [4.78, 5) is 27.5. The number of carbonyl (C=O) groups is 2. The normalized spacial score (nSPS) is 14.8. The quantitative estimate of drug-likeness (QED) is 0.620. The molecule has 7 heteroatoms. The van der Waals surface area contributed by atoms with E-state index >= 15 is 0 Å². The summed E-state index contributed by atoms with van der Waals surface area (Å²) in [7, 11) is 0. The molecule has 0 spiro atoms. The third kappa shape index (κ3) is 3.52. The topological polar surface area (TPSA) is 37.4 Å².